The Hall–Kier alpha value is -3.78. The molecule has 150 valence electrons. The number of aromatic nitrogens is 7. The lowest BCUT2D eigenvalue weighted by atomic mass is 10.1. The van der Waals surface area contributed by atoms with Crippen LogP contribution in [0.3, 0.4) is 0 Å². The van der Waals surface area contributed by atoms with Crippen molar-refractivity contribution in [2.45, 2.75) is 6.54 Å². The van der Waals surface area contributed by atoms with E-state index in [4.69, 9.17) is 0 Å². The zero-order valence-corrected chi connectivity index (χ0v) is 17.9. The molecule has 0 fully saturated rings. The van der Waals surface area contributed by atoms with E-state index >= 15 is 0 Å². The molecule has 3 aromatic carbocycles. The van der Waals surface area contributed by atoms with Crippen LogP contribution in [0.2, 0.25) is 0 Å². The van der Waals surface area contributed by atoms with Crippen molar-refractivity contribution in [1.82, 2.24) is 35.0 Å². The molecule has 0 radical (unpaired) electrons. The second-order valence-electron chi connectivity index (χ2n) is 7.35. The Morgan fingerprint density at radius 1 is 0.935 bits per heavy atom. The van der Waals surface area contributed by atoms with Gasteiger partial charge in [-0.3, -0.25) is 9.78 Å². The Bertz CT molecular complexity index is 1520. The first-order valence-corrected chi connectivity index (χ1v) is 10.6. The lowest BCUT2D eigenvalue weighted by Gasteiger charge is -2.09. The molecule has 8 heteroatoms. The maximum Gasteiger partial charge on any atom is 0.113 e. The van der Waals surface area contributed by atoms with E-state index < -0.39 is 0 Å². The Morgan fingerprint density at radius 3 is 2.74 bits per heavy atom. The van der Waals surface area contributed by atoms with Crippen molar-refractivity contribution in [3.63, 3.8) is 0 Å². The van der Waals surface area contributed by atoms with Gasteiger partial charge in [0.05, 0.1) is 35.2 Å². The topological polar surface area (TPSA) is 77.2 Å². The predicted octanol–water partition coefficient (Wildman–Crippen LogP) is 4.97. The van der Waals surface area contributed by atoms with Gasteiger partial charge in [0.1, 0.15) is 5.52 Å². The van der Waals surface area contributed by atoms with Crippen molar-refractivity contribution in [2.24, 2.45) is 0 Å². The molecule has 1 N–H and O–H groups in total. The highest BCUT2D eigenvalue weighted by Crippen LogP contribution is 2.26. The van der Waals surface area contributed by atoms with Crippen LogP contribution in [0.15, 0.2) is 83.6 Å². The minimum atomic E-state index is 0.696. The van der Waals surface area contributed by atoms with Crippen LogP contribution < -0.4 is 0 Å². The molecule has 0 unspecified atom stereocenters. The number of hydrogen-bond donors (Lipinski definition) is 1. The lowest BCUT2D eigenvalue weighted by molar-refractivity contribution is 0.694. The minimum absolute atomic E-state index is 0.696. The first kappa shape index (κ1) is 18.0. The zero-order valence-electron chi connectivity index (χ0n) is 16.3. The second kappa shape index (κ2) is 7.17. The number of aromatic amines is 1. The highest BCUT2D eigenvalue weighted by molar-refractivity contribution is 9.10. The number of halogens is 1. The molecule has 3 heterocycles. The highest BCUT2D eigenvalue weighted by atomic mass is 79.9. The lowest BCUT2D eigenvalue weighted by Crippen LogP contribution is -2.03. The number of benzene rings is 3. The molecule has 0 aliphatic carbocycles. The fraction of sp³-hybridized carbons (Fsp3) is 0.0435. The van der Waals surface area contributed by atoms with Crippen LogP contribution in [0, 0.1) is 0 Å². The van der Waals surface area contributed by atoms with Crippen LogP contribution in [0.4, 0.5) is 0 Å². The molecule has 7 nitrogen and oxygen atoms in total. The highest BCUT2D eigenvalue weighted by Gasteiger charge is 2.12. The van der Waals surface area contributed by atoms with E-state index in [0.29, 0.717) is 6.54 Å². The first-order chi connectivity index (χ1) is 15.2. The van der Waals surface area contributed by atoms with Crippen molar-refractivity contribution >= 4 is 37.9 Å². The standard InChI is InChI=1S/C23H16BrN7/c24-18-5-1-15(2-6-18)14-30-22(9-10-26-30)16-4-8-20-23(11-16)31(29-28-20)19-7-3-17-13-25-27-21(17)12-19/h1-13H,14H2,(H,25,27). The van der Waals surface area contributed by atoms with E-state index in [0.717, 1.165) is 43.4 Å². The van der Waals surface area contributed by atoms with Crippen molar-refractivity contribution in [2.75, 3.05) is 0 Å². The number of H-pyrrole nitrogens is 1. The average molecular weight is 470 g/mol. The summed E-state index contributed by atoms with van der Waals surface area (Å²) in [7, 11) is 0. The molecular formula is C23H16BrN7. The Kier molecular flexibility index (Phi) is 4.17. The fourth-order valence-corrected chi connectivity index (χ4v) is 4.06. The van der Waals surface area contributed by atoms with Crippen molar-refractivity contribution in [3.05, 3.63) is 89.2 Å². The summed E-state index contributed by atoms with van der Waals surface area (Å²) in [4.78, 5) is 0. The van der Waals surface area contributed by atoms with Gasteiger partial charge in [-0.25, -0.2) is 4.68 Å². The summed E-state index contributed by atoms with van der Waals surface area (Å²) in [6.07, 6.45) is 3.64. The number of nitrogens with zero attached hydrogens (tertiary/aromatic N) is 6. The summed E-state index contributed by atoms with van der Waals surface area (Å²) < 4.78 is 4.93. The van der Waals surface area contributed by atoms with Crippen LogP contribution in [-0.4, -0.2) is 35.0 Å². The third kappa shape index (κ3) is 3.21. The van der Waals surface area contributed by atoms with Crippen molar-refractivity contribution in [3.8, 4) is 16.9 Å². The summed E-state index contributed by atoms with van der Waals surface area (Å²) in [6, 6.07) is 22.6. The zero-order chi connectivity index (χ0) is 20.8. The van der Waals surface area contributed by atoms with E-state index in [1.807, 2.05) is 64.2 Å². The third-order valence-electron chi connectivity index (χ3n) is 5.37. The van der Waals surface area contributed by atoms with E-state index in [-0.39, 0.29) is 0 Å². The number of nitrogens with one attached hydrogen (secondary N) is 1. The smallest absolute Gasteiger partial charge is 0.113 e. The van der Waals surface area contributed by atoms with E-state index in [9.17, 15) is 0 Å². The molecule has 0 atom stereocenters. The molecule has 6 rings (SSSR count). The maximum atomic E-state index is 4.54. The normalized spacial score (nSPS) is 11.5. The maximum absolute atomic E-state index is 4.54. The van der Waals surface area contributed by atoms with Gasteiger partial charge in [-0.15, -0.1) is 5.10 Å². The molecule has 0 saturated heterocycles. The molecule has 0 amide bonds. The molecule has 0 bridgehead atoms. The summed E-state index contributed by atoms with van der Waals surface area (Å²) in [5.74, 6) is 0. The molecule has 0 saturated carbocycles. The summed E-state index contributed by atoms with van der Waals surface area (Å²) in [5.41, 5.74) is 6.97. The quantitative estimate of drug-likeness (QED) is 0.395. The van der Waals surface area contributed by atoms with E-state index in [2.05, 4.69) is 65.8 Å². The average Bonchev–Trinajstić information content (AvgIpc) is 3.53. The molecule has 31 heavy (non-hydrogen) atoms. The van der Waals surface area contributed by atoms with E-state index in [1.165, 1.54) is 5.56 Å². The molecule has 0 aliphatic rings. The van der Waals surface area contributed by atoms with Gasteiger partial charge >= 0.3 is 0 Å². The minimum Gasteiger partial charge on any atom is -0.278 e. The number of rotatable bonds is 4. The van der Waals surface area contributed by atoms with E-state index in [1.54, 1.807) is 0 Å². The largest absolute Gasteiger partial charge is 0.278 e. The molecular weight excluding hydrogens is 454 g/mol. The summed E-state index contributed by atoms with van der Waals surface area (Å²) >= 11 is 3.49. The van der Waals surface area contributed by atoms with Gasteiger partial charge in [0.2, 0.25) is 0 Å². The Morgan fingerprint density at radius 2 is 1.84 bits per heavy atom. The van der Waals surface area contributed by atoms with Crippen LogP contribution in [0.5, 0.6) is 0 Å². The summed E-state index contributed by atoms with van der Waals surface area (Å²) in [6.45, 7) is 0.696. The van der Waals surface area contributed by atoms with Crippen LogP contribution in [0.1, 0.15) is 5.56 Å². The van der Waals surface area contributed by atoms with Crippen molar-refractivity contribution in [1.29, 1.82) is 0 Å². The predicted molar refractivity (Wildman–Crippen MR) is 123 cm³/mol. The van der Waals surface area contributed by atoms with Crippen LogP contribution in [0.25, 0.3) is 38.9 Å². The van der Waals surface area contributed by atoms with Gasteiger partial charge < -0.3 is 0 Å². The second-order valence-corrected chi connectivity index (χ2v) is 8.26. The molecule has 0 aliphatic heterocycles. The monoisotopic (exact) mass is 469 g/mol. The Balaban J connectivity index is 1.41. The molecule has 0 spiro atoms. The molecule has 3 aromatic heterocycles. The van der Waals surface area contributed by atoms with Gasteiger partial charge in [-0.2, -0.15) is 10.2 Å². The van der Waals surface area contributed by atoms with Gasteiger partial charge in [0.15, 0.2) is 0 Å². The van der Waals surface area contributed by atoms with Crippen LogP contribution >= 0.6 is 15.9 Å². The molecule has 6 aromatic rings. The van der Waals surface area contributed by atoms with Gasteiger partial charge in [-0.1, -0.05) is 39.3 Å². The number of fused-ring (bicyclic) bond motifs is 2. The van der Waals surface area contributed by atoms with Gasteiger partial charge in [-0.05, 0) is 54.1 Å². The van der Waals surface area contributed by atoms with Crippen LogP contribution in [-0.2, 0) is 6.54 Å². The SMILES string of the molecule is Brc1ccc(Cn2nccc2-c2ccc3nnn(-c4ccc5cn[nH]c5c4)c3c2)cc1. The number of hydrogen-bond acceptors (Lipinski definition) is 4. The first-order valence-electron chi connectivity index (χ1n) is 9.80. The van der Waals surface area contributed by atoms with Gasteiger partial charge in [0.25, 0.3) is 0 Å². The Labute approximate surface area is 185 Å². The fourth-order valence-electron chi connectivity index (χ4n) is 3.79. The van der Waals surface area contributed by atoms with Crippen molar-refractivity contribution < 1.29 is 0 Å². The third-order valence-corrected chi connectivity index (χ3v) is 5.90. The van der Waals surface area contributed by atoms with Gasteiger partial charge in [0, 0.05) is 21.6 Å². The summed E-state index contributed by atoms with van der Waals surface area (Å²) in [5, 5.41) is 21.4.